The summed E-state index contributed by atoms with van der Waals surface area (Å²) in [6.07, 6.45) is 2.20. The fourth-order valence-electron chi connectivity index (χ4n) is 2.52. The van der Waals surface area contributed by atoms with E-state index in [-0.39, 0.29) is 11.7 Å². The van der Waals surface area contributed by atoms with Crippen molar-refractivity contribution in [1.82, 2.24) is 15.1 Å². The molecule has 0 unspecified atom stereocenters. The average Bonchev–Trinajstić information content (AvgIpc) is 3.15. The van der Waals surface area contributed by atoms with Crippen LogP contribution in [0, 0.1) is 12.7 Å². The van der Waals surface area contributed by atoms with E-state index in [2.05, 4.69) is 15.6 Å². The fraction of sp³-hybridized carbons (Fsp3) is 0.353. The molecule has 24 heavy (non-hydrogen) atoms. The lowest BCUT2D eigenvalue weighted by Gasteiger charge is -2.20. The minimum Gasteiger partial charge on any atom is -0.379 e. The number of aromatic nitrogens is 2. The van der Waals surface area contributed by atoms with Crippen molar-refractivity contribution in [1.29, 1.82) is 0 Å². The van der Waals surface area contributed by atoms with Gasteiger partial charge in [-0.25, -0.2) is 4.39 Å². The molecule has 2 aromatic rings. The first kappa shape index (κ1) is 16.2. The number of amides is 1. The summed E-state index contributed by atoms with van der Waals surface area (Å²) in [6, 6.07) is 7.88. The number of hydrogen-bond acceptors (Lipinski definition) is 4. The summed E-state index contributed by atoms with van der Waals surface area (Å²) >= 11 is 0. The predicted octanol–water partition coefficient (Wildman–Crippen LogP) is 2.03. The first-order valence-electron chi connectivity index (χ1n) is 7.76. The van der Waals surface area contributed by atoms with Gasteiger partial charge in [0.05, 0.1) is 18.0 Å². The van der Waals surface area contributed by atoms with Crippen LogP contribution in [0.1, 0.15) is 24.6 Å². The highest BCUT2D eigenvalue weighted by atomic mass is 19.1. The Morgan fingerprint density at radius 3 is 2.79 bits per heavy atom. The maximum absolute atomic E-state index is 13.0. The number of hydrogen-bond donors (Lipinski definition) is 1. The van der Waals surface area contributed by atoms with Gasteiger partial charge in [-0.3, -0.25) is 9.48 Å². The van der Waals surface area contributed by atoms with Gasteiger partial charge in [0.15, 0.2) is 0 Å². The molecule has 0 radical (unpaired) electrons. The normalized spacial score (nSPS) is 19.7. The van der Waals surface area contributed by atoms with Gasteiger partial charge in [0.2, 0.25) is 5.60 Å². The number of aryl methyl sites for hydroxylation is 1. The fourth-order valence-corrected chi connectivity index (χ4v) is 2.52. The Hall–Kier alpha value is -2.70. The monoisotopic (exact) mass is 330 g/mol. The van der Waals surface area contributed by atoms with Gasteiger partial charge in [0.25, 0.3) is 5.91 Å². The highest BCUT2D eigenvalue weighted by Crippen LogP contribution is 2.26. The van der Waals surface area contributed by atoms with Gasteiger partial charge in [-0.1, -0.05) is 17.3 Å². The smallest absolute Gasteiger partial charge is 0.267 e. The molecule has 1 aromatic heterocycles. The van der Waals surface area contributed by atoms with Gasteiger partial charge in [-0.15, -0.1) is 0 Å². The summed E-state index contributed by atoms with van der Waals surface area (Å²) in [7, 11) is 0. The van der Waals surface area contributed by atoms with Crippen molar-refractivity contribution in [3.63, 3.8) is 0 Å². The molecule has 1 N–H and O–H groups in total. The molecule has 1 atom stereocenters. The average molecular weight is 330 g/mol. The molecule has 7 heteroatoms. The number of carbonyl (C=O) groups excluding carboxylic acids is 1. The van der Waals surface area contributed by atoms with E-state index in [1.54, 1.807) is 23.7 Å². The van der Waals surface area contributed by atoms with E-state index >= 15 is 0 Å². The van der Waals surface area contributed by atoms with Gasteiger partial charge in [-0.2, -0.15) is 5.10 Å². The molecule has 0 saturated carbocycles. The van der Waals surface area contributed by atoms with Crippen molar-refractivity contribution in [2.24, 2.45) is 5.16 Å². The molecule has 0 saturated heterocycles. The molecular weight excluding hydrogens is 311 g/mol. The zero-order valence-electron chi connectivity index (χ0n) is 13.6. The standard InChI is InChI=1S/C17H19FN4O2/c1-12-7-9-22(20-12)10-8-19-16(23)17(2)11-15(21-24-17)13-3-5-14(18)6-4-13/h3-7,9H,8,10-11H2,1-2H3,(H,19,23)/t17-/m0/s1. The van der Waals surface area contributed by atoms with Gasteiger partial charge in [-0.05, 0) is 37.6 Å². The van der Waals surface area contributed by atoms with Crippen molar-refractivity contribution in [2.75, 3.05) is 6.54 Å². The highest BCUT2D eigenvalue weighted by molar-refractivity contribution is 6.05. The maximum atomic E-state index is 13.0. The summed E-state index contributed by atoms with van der Waals surface area (Å²) < 4.78 is 14.8. The Balaban J connectivity index is 1.54. The zero-order chi connectivity index (χ0) is 17.2. The van der Waals surface area contributed by atoms with Gasteiger partial charge < -0.3 is 10.2 Å². The Morgan fingerprint density at radius 1 is 1.38 bits per heavy atom. The first-order valence-corrected chi connectivity index (χ1v) is 7.76. The molecule has 1 amide bonds. The second kappa shape index (κ2) is 6.43. The van der Waals surface area contributed by atoms with Crippen LogP contribution in [0.15, 0.2) is 41.7 Å². The van der Waals surface area contributed by atoms with Crippen molar-refractivity contribution in [3.05, 3.63) is 53.6 Å². The lowest BCUT2D eigenvalue weighted by atomic mass is 9.95. The van der Waals surface area contributed by atoms with Gasteiger partial charge >= 0.3 is 0 Å². The Labute approximate surface area is 139 Å². The largest absolute Gasteiger partial charge is 0.379 e. The molecule has 0 fully saturated rings. The number of rotatable bonds is 5. The van der Waals surface area contributed by atoms with Crippen molar-refractivity contribution in [3.8, 4) is 0 Å². The topological polar surface area (TPSA) is 68.5 Å². The quantitative estimate of drug-likeness (QED) is 0.912. The number of oxime groups is 1. The second-order valence-corrected chi connectivity index (χ2v) is 6.02. The van der Waals surface area contributed by atoms with Crippen LogP contribution < -0.4 is 5.32 Å². The predicted molar refractivity (Wildman–Crippen MR) is 87.0 cm³/mol. The van der Waals surface area contributed by atoms with Crippen LogP contribution in [0.4, 0.5) is 4.39 Å². The van der Waals surface area contributed by atoms with Crippen LogP contribution in [0.5, 0.6) is 0 Å². The number of nitrogens with one attached hydrogen (secondary N) is 1. The Kier molecular flexibility index (Phi) is 4.33. The molecular formula is C17H19FN4O2. The molecule has 3 rings (SSSR count). The molecule has 0 aliphatic carbocycles. The SMILES string of the molecule is Cc1ccn(CCNC(=O)[C@]2(C)CC(c3ccc(F)cc3)=NO2)n1. The first-order chi connectivity index (χ1) is 11.5. The summed E-state index contributed by atoms with van der Waals surface area (Å²) in [5, 5.41) is 11.1. The maximum Gasteiger partial charge on any atom is 0.267 e. The summed E-state index contributed by atoms with van der Waals surface area (Å²) in [6.45, 7) is 4.64. The molecule has 2 heterocycles. The molecule has 1 aliphatic rings. The van der Waals surface area contributed by atoms with Crippen molar-refractivity contribution >= 4 is 11.6 Å². The molecule has 1 aromatic carbocycles. The summed E-state index contributed by atoms with van der Waals surface area (Å²) in [5.74, 6) is -0.542. The Bertz CT molecular complexity index is 769. The molecule has 126 valence electrons. The van der Waals surface area contributed by atoms with E-state index in [9.17, 15) is 9.18 Å². The van der Waals surface area contributed by atoms with Crippen LogP contribution in [0.3, 0.4) is 0 Å². The van der Waals surface area contributed by atoms with E-state index in [0.29, 0.717) is 25.2 Å². The number of benzene rings is 1. The van der Waals surface area contributed by atoms with Crippen molar-refractivity contribution < 1.29 is 14.0 Å². The minimum absolute atomic E-state index is 0.229. The van der Waals surface area contributed by atoms with Crippen LogP contribution >= 0.6 is 0 Å². The van der Waals surface area contributed by atoms with Crippen LogP contribution in [-0.2, 0) is 16.2 Å². The molecule has 0 bridgehead atoms. The third-order valence-electron chi connectivity index (χ3n) is 3.92. The highest BCUT2D eigenvalue weighted by Gasteiger charge is 2.42. The minimum atomic E-state index is -1.05. The van der Waals surface area contributed by atoms with Crippen LogP contribution in [-0.4, -0.2) is 33.5 Å². The molecule has 0 spiro atoms. The zero-order valence-corrected chi connectivity index (χ0v) is 13.6. The summed E-state index contributed by atoms with van der Waals surface area (Å²) in [5.41, 5.74) is 1.27. The Morgan fingerprint density at radius 2 is 2.12 bits per heavy atom. The summed E-state index contributed by atoms with van der Waals surface area (Å²) in [4.78, 5) is 17.8. The van der Waals surface area contributed by atoms with Crippen LogP contribution in [0.25, 0.3) is 0 Å². The van der Waals surface area contributed by atoms with E-state index < -0.39 is 5.60 Å². The third kappa shape index (κ3) is 3.45. The molecule has 1 aliphatic heterocycles. The van der Waals surface area contributed by atoms with Gasteiger partial charge in [0, 0.05) is 19.2 Å². The lowest BCUT2D eigenvalue weighted by Crippen LogP contribution is -2.45. The van der Waals surface area contributed by atoms with Crippen molar-refractivity contribution in [2.45, 2.75) is 32.4 Å². The van der Waals surface area contributed by atoms with E-state index in [4.69, 9.17) is 4.84 Å². The third-order valence-corrected chi connectivity index (χ3v) is 3.92. The number of nitrogens with zero attached hydrogens (tertiary/aromatic N) is 3. The molecule has 6 nitrogen and oxygen atoms in total. The van der Waals surface area contributed by atoms with E-state index in [1.165, 1.54) is 12.1 Å². The van der Waals surface area contributed by atoms with Gasteiger partial charge in [0.1, 0.15) is 5.82 Å². The second-order valence-electron chi connectivity index (χ2n) is 6.02. The van der Waals surface area contributed by atoms with E-state index in [1.807, 2.05) is 19.2 Å². The lowest BCUT2D eigenvalue weighted by molar-refractivity contribution is -0.141. The number of carbonyl (C=O) groups is 1. The number of halogens is 1. The van der Waals surface area contributed by atoms with Crippen LogP contribution in [0.2, 0.25) is 0 Å². The van der Waals surface area contributed by atoms with E-state index in [0.717, 1.165) is 11.3 Å².